The Morgan fingerprint density at radius 2 is 1.57 bits per heavy atom. The van der Waals surface area contributed by atoms with E-state index in [4.69, 9.17) is 0 Å². The van der Waals surface area contributed by atoms with Crippen LogP contribution in [0.5, 0.6) is 0 Å². The number of rotatable bonds is 8. The molecule has 0 saturated heterocycles. The average molecular weight is 395 g/mol. The highest BCUT2D eigenvalue weighted by atomic mass is 16.1. The third kappa shape index (κ3) is 4.94. The van der Waals surface area contributed by atoms with Gasteiger partial charge >= 0.3 is 0 Å². The van der Waals surface area contributed by atoms with Crippen LogP contribution in [0.1, 0.15) is 44.0 Å². The Bertz CT molecular complexity index is 1150. The zero-order valence-electron chi connectivity index (χ0n) is 16.4. The van der Waals surface area contributed by atoms with Gasteiger partial charge in [-0.15, -0.1) is 0 Å². The smallest absolute Gasteiger partial charge is 0.190 e. The van der Waals surface area contributed by atoms with Crippen molar-refractivity contribution in [2.24, 2.45) is 0 Å². The summed E-state index contributed by atoms with van der Waals surface area (Å²) in [7, 11) is 0. The van der Waals surface area contributed by atoms with Crippen LogP contribution >= 0.6 is 0 Å². The van der Waals surface area contributed by atoms with E-state index in [0.29, 0.717) is 17.8 Å². The van der Waals surface area contributed by atoms with Crippen LogP contribution in [-0.4, -0.2) is 26.1 Å². The fourth-order valence-corrected chi connectivity index (χ4v) is 3.31. The van der Waals surface area contributed by atoms with Crippen molar-refractivity contribution in [3.63, 3.8) is 0 Å². The quantitative estimate of drug-likeness (QED) is 0.328. The Morgan fingerprint density at radius 1 is 0.800 bits per heavy atom. The molecule has 2 heterocycles. The molecule has 2 aromatic heterocycles. The lowest BCUT2D eigenvalue weighted by atomic mass is 9.99. The lowest BCUT2D eigenvalue weighted by molar-refractivity contribution is 0.0891. The van der Waals surface area contributed by atoms with Gasteiger partial charge in [0.2, 0.25) is 0 Å². The van der Waals surface area contributed by atoms with Gasteiger partial charge in [0.15, 0.2) is 11.6 Å². The summed E-state index contributed by atoms with van der Waals surface area (Å²) >= 11 is 0. The number of pyridine rings is 1. The SMILES string of the molecule is O=C(CC(=O)c1cn(Cc2ccncc2)cn1)c1cccc(Cc2ccccc2)c1. The minimum absolute atomic E-state index is 0.193. The zero-order chi connectivity index (χ0) is 20.8. The number of imidazole rings is 1. The van der Waals surface area contributed by atoms with Gasteiger partial charge in [-0.25, -0.2) is 4.98 Å². The van der Waals surface area contributed by atoms with E-state index in [2.05, 4.69) is 22.1 Å². The van der Waals surface area contributed by atoms with Gasteiger partial charge in [0.1, 0.15) is 5.69 Å². The Morgan fingerprint density at radius 3 is 2.37 bits per heavy atom. The van der Waals surface area contributed by atoms with E-state index in [9.17, 15) is 9.59 Å². The van der Waals surface area contributed by atoms with Gasteiger partial charge in [-0.3, -0.25) is 14.6 Å². The molecule has 0 bridgehead atoms. The number of aromatic nitrogens is 3. The van der Waals surface area contributed by atoms with Crippen molar-refractivity contribution in [3.8, 4) is 0 Å². The van der Waals surface area contributed by atoms with Crippen molar-refractivity contribution >= 4 is 11.6 Å². The van der Waals surface area contributed by atoms with E-state index in [0.717, 1.165) is 17.5 Å². The molecular formula is C25H21N3O2. The van der Waals surface area contributed by atoms with E-state index in [1.54, 1.807) is 31.0 Å². The van der Waals surface area contributed by atoms with Crippen molar-refractivity contribution in [1.29, 1.82) is 0 Å². The third-order valence-corrected chi connectivity index (χ3v) is 4.85. The second-order valence-corrected chi connectivity index (χ2v) is 7.17. The molecule has 0 aliphatic rings. The number of carbonyl (C=O) groups is 2. The maximum Gasteiger partial charge on any atom is 0.190 e. The number of hydrogen-bond acceptors (Lipinski definition) is 4. The second-order valence-electron chi connectivity index (χ2n) is 7.17. The monoisotopic (exact) mass is 395 g/mol. The van der Waals surface area contributed by atoms with Gasteiger partial charge in [-0.2, -0.15) is 0 Å². The Labute approximate surface area is 175 Å². The molecule has 0 aliphatic heterocycles. The topological polar surface area (TPSA) is 64.8 Å². The molecule has 5 heteroatoms. The predicted molar refractivity (Wildman–Crippen MR) is 115 cm³/mol. The fraction of sp³-hybridized carbons (Fsp3) is 0.120. The number of carbonyl (C=O) groups excluding carboxylic acids is 2. The summed E-state index contributed by atoms with van der Waals surface area (Å²) in [5.74, 6) is -0.472. The van der Waals surface area contributed by atoms with Gasteiger partial charge in [0, 0.05) is 30.7 Å². The highest BCUT2D eigenvalue weighted by molar-refractivity contribution is 6.12. The van der Waals surface area contributed by atoms with Crippen LogP contribution < -0.4 is 0 Å². The van der Waals surface area contributed by atoms with Crippen molar-refractivity contribution in [1.82, 2.24) is 14.5 Å². The van der Waals surface area contributed by atoms with Crippen molar-refractivity contribution in [2.75, 3.05) is 0 Å². The van der Waals surface area contributed by atoms with Gasteiger partial charge in [0.05, 0.1) is 12.7 Å². The largest absolute Gasteiger partial charge is 0.332 e. The zero-order valence-corrected chi connectivity index (χ0v) is 16.4. The van der Waals surface area contributed by atoms with Crippen molar-refractivity contribution < 1.29 is 9.59 Å². The molecule has 4 rings (SSSR count). The summed E-state index contributed by atoms with van der Waals surface area (Å²) in [4.78, 5) is 33.4. The van der Waals surface area contributed by atoms with E-state index < -0.39 is 0 Å². The molecule has 0 amide bonds. The van der Waals surface area contributed by atoms with Crippen LogP contribution in [0.25, 0.3) is 0 Å². The molecule has 30 heavy (non-hydrogen) atoms. The average Bonchev–Trinajstić information content (AvgIpc) is 3.24. The van der Waals surface area contributed by atoms with E-state index in [-0.39, 0.29) is 18.0 Å². The van der Waals surface area contributed by atoms with Crippen LogP contribution in [0.2, 0.25) is 0 Å². The van der Waals surface area contributed by atoms with Crippen LogP contribution in [0.3, 0.4) is 0 Å². The molecule has 0 aliphatic carbocycles. The summed E-state index contributed by atoms with van der Waals surface area (Å²) in [5, 5.41) is 0. The third-order valence-electron chi connectivity index (χ3n) is 4.85. The molecule has 0 saturated carbocycles. The molecule has 0 fully saturated rings. The predicted octanol–water partition coefficient (Wildman–Crippen LogP) is 4.37. The molecule has 2 aromatic carbocycles. The molecular weight excluding hydrogens is 374 g/mol. The lowest BCUT2D eigenvalue weighted by Crippen LogP contribution is -2.09. The van der Waals surface area contributed by atoms with Gasteiger partial charge < -0.3 is 4.57 Å². The number of benzene rings is 2. The summed E-state index contributed by atoms with van der Waals surface area (Å²) in [6, 6.07) is 21.4. The first kappa shape index (κ1) is 19.5. The van der Waals surface area contributed by atoms with E-state index in [1.807, 2.05) is 53.1 Å². The molecule has 0 N–H and O–H groups in total. The minimum Gasteiger partial charge on any atom is -0.332 e. The maximum atomic E-state index is 12.7. The molecule has 148 valence electrons. The Kier molecular flexibility index (Phi) is 5.90. The fourth-order valence-electron chi connectivity index (χ4n) is 3.31. The van der Waals surface area contributed by atoms with Crippen LogP contribution in [0, 0.1) is 0 Å². The standard InChI is InChI=1S/C25H21N3O2/c29-24(22-8-4-7-21(14-22)13-19-5-2-1-3-6-19)15-25(30)23-17-28(18-27-23)16-20-9-11-26-12-10-20/h1-12,14,17-18H,13,15-16H2. The minimum atomic E-state index is -0.276. The first-order valence-corrected chi connectivity index (χ1v) is 9.77. The summed E-state index contributed by atoms with van der Waals surface area (Å²) < 4.78 is 1.83. The van der Waals surface area contributed by atoms with E-state index in [1.165, 1.54) is 5.56 Å². The van der Waals surface area contributed by atoms with Crippen molar-refractivity contribution in [3.05, 3.63) is 120 Å². The molecule has 0 radical (unpaired) electrons. The Hall–Kier alpha value is -3.86. The van der Waals surface area contributed by atoms with Gasteiger partial charge in [-0.1, -0.05) is 48.5 Å². The van der Waals surface area contributed by atoms with Gasteiger partial charge in [0.25, 0.3) is 0 Å². The highest BCUT2D eigenvalue weighted by Crippen LogP contribution is 2.14. The molecule has 0 spiro atoms. The number of nitrogens with zero attached hydrogens (tertiary/aromatic N) is 3. The summed E-state index contributed by atoms with van der Waals surface area (Å²) in [5.41, 5.74) is 4.14. The number of Topliss-reactive ketones (excluding diaryl/α,β-unsaturated/α-hetero) is 2. The van der Waals surface area contributed by atoms with Crippen molar-refractivity contribution in [2.45, 2.75) is 19.4 Å². The van der Waals surface area contributed by atoms with Gasteiger partial charge in [-0.05, 0) is 41.3 Å². The molecule has 0 unspecified atom stereocenters. The molecule has 0 atom stereocenters. The number of hydrogen-bond donors (Lipinski definition) is 0. The summed E-state index contributed by atoms with van der Waals surface area (Å²) in [6.45, 7) is 0.596. The Balaban J connectivity index is 1.40. The highest BCUT2D eigenvalue weighted by Gasteiger charge is 2.16. The van der Waals surface area contributed by atoms with Crippen LogP contribution in [0.15, 0.2) is 91.6 Å². The first-order chi connectivity index (χ1) is 14.7. The first-order valence-electron chi connectivity index (χ1n) is 9.77. The normalized spacial score (nSPS) is 10.7. The second kappa shape index (κ2) is 9.09. The van der Waals surface area contributed by atoms with Crippen LogP contribution in [0.4, 0.5) is 0 Å². The molecule has 5 nitrogen and oxygen atoms in total. The number of ketones is 2. The lowest BCUT2D eigenvalue weighted by Gasteiger charge is -2.05. The maximum absolute atomic E-state index is 12.7. The summed E-state index contributed by atoms with van der Waals surface area (Å²) in [6.07, 6.45) is 7.29. The van der Waals surface area contributed by atoms with Crippen LogP contribution in [-0.2, 0) is 13.0 Å². The van der Waals surface area contributed by atoms with E-state index >= 15 is 0 Å². The molecule has 4 aromatic rings.